The van der Waals surface area contributed by atoms with Crippen molar-refractivity contribution in [1.29, 1.82) is 0 Å². The number of aliphatic carboxylic acids is 1. The first kappa shape index (κ1) is 14.0. The van der Waals surface area contributed by atoms with Crippen molar-refractivity contribution in [1.82, 2.24) is 4.90 Å². The van der Waals surface area contributed by atoms with E-state index in [1.165, 1.54) is 12.1 Å². The van der Waals surface area contributed by atoms with Crippen LogP contribution in [-0.4, -0.2) is 28.6 Å². The van der Waals surface area contributed by atoms with E-state index in [9.17, 15) is 9.18 Å². The Hall–Kier alpha value is -1.42. The number of hydrogen-bond donors (Lipinski definition) is 1. The molecule has 1 fully saturated rings. The fourth-order valence-electron chi connectivity index (χ4n) is 2.79. The second-order valence-corrected chi connectivity index (χ2v) is 5.31. The largest absolute Gasteiger partial charge is 0.480 e. The predicted molar refractivity (Wildman–Crippen MR) is 71.4 cm³/mol. The van der Waals surface area contributed by atoms with Gasteiger partial charge in [-0.1, -0.05) is 18.9 Å². The zero-order valence-electron chi connectivity index (χ0n) is 11.2. The minimum absolute atomic E-state index is 0.0284. The summed E-state index contributed by atoms with van der Waals surface area (Å²) >= 11 is 0. The molecule has 1 saturated carbocycles. The van der Waals surface area contributed by atoms with E-state index in [4.69, 9.17) is 5.11 Å². The van der Waals surface area contributed by atoms with Crippen LogP contribution in [0.1, 0.15) is 36.8 Å². The van der Waals surface area contributed by atoms with Gasteiger partial charge in [0.15, 0.2) is 0 Å². The van der Waals surface area contributed by atoms with E-state index < -0.39 is 5.97 Å². The van der Waals surface area contributed by atoms with Crippen molar-refractivity contribution in [3.8, 4) is 0 Å². The van der Waals surface area contributed by atoms with Gasteiger partial charge in [0.25, 0.3) is 0 Å². The molecule has 104 valence electrons. The van der Waals surface area contributed by atoms with Crippen LogP contribution in [0.4, 0.5) is 4.39 Å². The minimum atomic E-state index is -0.819. The molecule has 0 bridgehead atoms. The molecule has 2 rings (SSSR count). The number of hydrogen-bond acceptors (Lipinski definition) is 2. The van der Waals surface area contributed by atoms with E-state index >= 15 is 0 Å². The average Bonchev–Trinajstić information content (AvgIpc) is 2.86. The summed E-state index contributed by atoms with van der Waals surface area (Å²) in [6, 6.07) is 5.02. The summed E-state index contributed by atoms with van der Waals surface area (Å²) < 4.78 is 13.3. The van der Waals surface area contributed by atoms with Crippen molar-refractivity contribution in [2.24, 2.45) is 0 Å². The van der Waals surface area contributed by atoms with Crippen LogP contribution in [0.15, 0.2) is 18.2 Å². The normalized spacial score (nSPS) is 16.2. The maximum Gasteiger partial charge on any atom is 0.317 e. The molecule has 0 heterocycles. The molecule has 0 aliphatic heterocycles. The van der Waals surface area contributed by atoms with E-state index in [0.29, 0.717) is 12.6 Å². The van der Waals surface area contributed by atoms with Gasteiger partial charge >= 0.3 is 5.97 Å². The van der Waals surface area contributed by atoms with Crippen molar-refractivity contribution in [2.75, 3.05) is 6.54 Å². The van der Waals surface area contributed by atoms with Crippen LogP contribution >= 0.6 is 0 Å². The van der Waals surface area contributed by atoms with Gasteiger partial charge in [0.1, 0.15) is 5.82 Å². The Labute approximate surface area is 113 Å². The summed E-state index contributed by atoms with van der Waals surface area (Å²) in [5.41, 5.74) is 1.89. The Kier molecular flexibility index (Phi) is 4.53. The van der Waals surface area contributed by atoms with E-state index in [2.05, 4.69) is 0 Å². The maximum atomic E-state index is 13.3. The lowest BCUT2D eigenvalue weighted by molar-refractivity contribution is -0.139. The lowest BCUT2D eigenvalue weighted by Crippen LogP contribution is -2.37. The minimum Gasteiger partial charge on any atom is -0.480 e. The van der Waals surface area contributed by atoms with Crippen LogP contribution in [0.2, 0.25) is 0 Å². The van der Waals surface area contributed by atoms with Crippen molar-refractivity contribution in [3.05, 3.63) is 35.1 Å². The molecule has 1 aliphatic rings. The molecule has 1 aromatic rings. The van der Waals surface area contributed by atoms with Crippen LogP contribution in [0.3, 0.4) is 0 Å². The van der Waals surface area contributed by atoms with Crippen molar-refractivity contribution in [2.45, 2.75) is 45.2 Å². The first-order valence-corrected chi connectivity index (χ1v) is 6.77. The smallest absolute Gasteiger partial charge is 0.317 e. The van der Waals surface area contributed by atoms with Crippen LogP contribution < -0.4 is 0 Å². The zero-order valence-corrected chi connectivity index (χ0v) is 11.2. The number of carboxylic acids is 1. The van der Waals surface area contributed by atoms with Crippen molar-refractivity contribution in [3.63, 3.8) is 0 Å². The molecule has 1 aromatic carbocycles. The highest BCUT2D eigenvalue weighted by Gasteiger charge is 2.24. The monoisotopic (exact) mass is 265 g/mol. The van der Waals surface area contributed by atoms with Crippen LogP contribution in [0, 0.1) is 12.7 Å². The van der Waals surface area contributed by atoms with Gasteiger partial charge in [-0.15, -0.1) is 0 Å². The van der Waals surface area contributed by atoms with Gasteiger partial charge in [-0.3, -0.25) is 9.69 Å². The Balaban J connectivity index is 2.14. The molecule has 19 heavy (non-hydrogen) atoms. The van der Waals surface area contributed by atoms with Gasteiger partial charge in [-0.2, -0.15) is 0 Å². The van der Waals surface area contributed by atoms with Gasteiger partial charge in [0.2, 0.25) is 0 Å². The molecule has 0 atom stereocenters. The van der Waals surface area contributed by atoms with Gasteiger partial charge < -0.3 is 5.11 Å². The summed E-state index contributed by atoms with van der Waals surface area (Å²) in [6.45, 7) is 2.48. The van der Waals surface area contributed by atoms with Crippen LogP contribution in [-0.2, 0) is 11.3 Å². The number of nitrogens with zero attached hydrogens (tertiary/aromatic N) is 1. The van der Waals surface area contributed by atoms with Crippen LogP contribution in [0.25, 0.3) is 0 Å². The molecule has 0 amide bonds. The Bertz CT molecular complexity index is 455. The first-order chi connectivity index (χ1) is 9.06. The Morgan fingerprint density at radius 3 is 2.74 bits per heavy atom. The van der Waals surface area contributed by atoms with Crippen LogP contribution in [0.5, 0.6) is 0 Å². The number of benzene rings is 1. The summed E-state index contributed by atoms with van der Waals surface area (Å²) in [4.78, 5) is 13.0. The van der Waals surface area contributed by atoms with E-state index in [-0.39, 0.29) is 12.4 Å². The van der Waals surface area contributed by atoms with Gasteiger partial charge in [0, 0.05) is 12.6 Å². The molecule has 3 nitrogen and oxygen atoms in total. The van der Waals surface area contributed by atoms with Crippen molar-refractivity contribution < 1.29 is 14.3 Å². The van der Waals surface area contributed by atoms with Gasteiger partial charge in [0.05, 0.1) is 6.54 Å². The zero-order chi connectivity index (χ0) is 13.8. The third-order valence-electron chi connectivity index (χ3n) is 3.86. The highest BCUT2D eigenvalue weighted by molar-refractivity contribution is 5.69. The molecular formula is C15H20FNO2. The average molecular weight is 265 g/mol. The number of halogens is 1. The number of carboxylic acid groups (broad SMARTS) is 1. The molecule has 0 saturated heterocycles. The third-order valence-corrected chi connectivity index (χ3v) is 3.86. The second kappa shape index (κ2) is 6.15. The Morgan fingerprint density at radius 1 is 1.42 bits per heavy atom. The topological polar surface area (TPSA) is 40.5 Å². The number of rotatable bonds is 5. The molecule has 0 aromatic heterocycles. The first-order valence-electron chi connectivity index (χ1n) is 6.77. The molecule has 0 spiro atoms. The molecule has 0 radical (unpaired) electrons. The maximum absolute atomic E-state index is 13.3. The van der Waals surface area contributed by atoms with E-state index in [1.54, 1.807) is 6.07 Å². The fraction of sp³-hybridized carbons (Fsp3) is 0.533. The highest BCUT2D eigenvalue weighted by atomic mass is 19.1. The standard InChI is InChI=1S/C15H20FNO2/c1-11-6-7-13(16)8-12(11)9-17(10-15(18)19)14-4-2-3-5-14/h6-8,14H,2-5,9-10H2,1H3,(H,18,19). The number of aryl methyl sites for hydroxylation is 1. The summed E-state index contributed by atoms with van der Waals surface area (Å²) in [6.07, 6.45) is 4.40. The molecule has 4 heteroatoms. The second-order valence-electron chi connectivity index (χ2n) is 5.31. The molecule has 0 unspecified atom stereocenters. The SMILES string of the molecule is Cc1ccc(F)cc1CN(CC(=O)O)C1CCCC1. The molecular weight excluding hydrogens is 245 g/mol. The lowest BCUT2D eigenvalue weighted by Gasteiger charge is -2.27. The third kappa shape index (κ3) is 3.77. The predicted octanol–water partition coefficient (Wildman–Crippen LogP) is 2.96. The highest BCUT2D eigenvalue weighted by Crippen LogP contribution is 2.25. The quantitative estimate of drug-likeness (QED) is 0.889. The fourth-order valence-corrected chi connectivity index (χ4v) is 2.79. The van der Waals surface area contributed by atoms with Gasteiger partial charge in [-0.05, 0) is 43.0 Å². The summed E-state index contributed by atoms with van der Waals surface area (Å²) in [5, 5.41) is 9.03. The molecule has 1 aliphatic carbocycles. The molecule has 1 N–H and O–H groups in total. The lowest BCUT2D eigenvalue weighted by atomic mass is 10.1. The summed E-state index contributed by atoms with van der Waals surface area (Å²) in [7, 11) is 0. The van der Waals surface area contributed by atoms with Gasteiger partial charge in [-0.25, -0.2) is 4.39 Å². The summed E-state index contributed by atoms with van der Waals surface area (Å²) in [5.74, 6) is -1.08. The van der Waals surface area contributed by atoms with E-state index in [0.717, 1.165) is 36.8 Å². The van der Waals surface area contributed by atoms with Crippen molar-refractivity contribution >= 4 is 5.97 Å². The Morgan fingerprint density at radius 2 is 2.11 bits per heavy atom. The van der Waals surface area contributed by atoms with E-state index in [1.807, 2.05) is 11.8 Å². The number of carbonyl (C=O) groups is 1.